The molecule has 4 aliphatic rings. The van der Waals surface area contributed by atoms with Gasteiger partial charge >= 0.3 is 5.63 Å². The first-order valence-corrected chi connectivity index (χ1v) is 12.5. The summed E-state index contributed by atoms with van der Waals surface area (Å²) in [5.41, 5.74) is -0.740. The van der Waals surface area contributed by atoms with Crippen LogP contribution in [0.3, 0.4) is 0 Å². The van der Waals surface area contributed by atoms with Gasteiger partial charge in [0.1, 0.15) is 17.1 Å². The Morgan fingerprint density at radius 2 is 1.74 bits per heavy atom. The van der Waals surface area contributed by atoms with Crippen LogP contribution < -0.4 is 15.1 Å². The molecule has 2 aromatic rings. The second-order valence-corrected chi connectivity index (χ2v) is 11.7. The summed E-state index contributed by atoms with van der Waals surface area (Å²) >= 11 is 0. The number of hydrogen-bond donors (Lipinski definition) is 1. The summed E-state index contributed by atoms with van der Waals surface area (Å²) < 4.78 is 30.1. The van der Waals surface area contributed by atoms with Crippen molar-refractivity contribution < 1.29 is 28.5 Å². The van der Waals surface area contributed by atoms with Gasteiger partial charge in [-0.15, -0.1) is 0 Å². The summed E-state index contributed by atoms with van der Waals surface area (Å²) in [5, 5.41) is 11.2. The van der Waals surface area contributed by atoms with E-state index in [1.807, 2.05) is 0 Å². The summed E-state index contributed by atoms with van der Waals surface area (Å²) in [6.45, 7) is 9.05. The molecule has 1 aromatic heterocycles. The van der Waals surface area contributed by atoms with Gasteiger partial charge in [-0.1, -0.05) is 20.8 Å². The van der Waals surface area contributed by atoms with Crippen molar-refractivity contribution in [2.45, 2.75) is 76.8 Å². The summed E-state index contributed by atoms with van der Waals surface area (Å²) in [7, 11) is 3.10. The van der Waals surface area contributed by atoms with Crippen molar-refractivity contribution in [3.63, 3.8) is 0 Å². The Hall–Kier alpha value is -2.51. The minimum Gasteiger partial charge on any atom is -0.507 e. The highest BCUT2D eigenvalue weighted by atomic mass is 16.6. The highest BCUT2D eigenvalue weighted by molar-refractivity contribution is 5.64. The summed E-state index contributed by atoms with van der Waals surface area (Å²) in [5.74, 6) is 1.17. The molecule has 7 heteroatoms. The van der Waals surface area contributed by atoms with Crippen LogP contribution in [0.15, 0.2) is 33.5 Å². The van der Waals surface area contributed by atoms with Gasteiger partial charge in [0.15, 0.2) is 11.5 Å². The third-order valence-corrected chi connectivity index (χ3v) is 9.88. The van der Waals surface area contributed by atoms with E-state index in [0.29, 0.717) is 17.1 Å². The largest absolute Gasteiger partial charge is 0.507 e. The lowest BCUT2D eigenvalue weighted by atomic mass is 9.45. The first kappa shape index (κ1) is 22.9. The molecule has 1 saturated carbocycles. The summed E-state index contributed by atoms with van der Waals surface area (Å²) in [4.78, 5) is 13.4. The molecule has 35 heavy (non-hydrogen) atoms. The van der Waals surface area contributed by atoms with Crippen LogP contribution in [0.25, 0.3) is 11.3 Å². The molecule has 4 fully saturated rings. The van der Waals surface area contributed by atoms with Gasteiger partial charge < -0.3 is 28.5 Å². The van der Waals surface area contributed by atoms with Crippen molar-refractivity contribution in [3.8, 4) is 28.6 Å². The maximum atomic E-state index is 13.4. The van der Waals surface area contributed by atoms with Crippen LogP contribution in [0.2, 0.25) is 0 Å². The molecule has 0 amide bonds. The van der Waals surface area contributed by atoms with Crippen LogP contribution in [0.4, 0.5) is 0 Å². The molecule has 1 N–H and O–H groups in total. The lowest BCUT2D eigenvalue weighted by Crippen LogP contribution is -2.62. The smallest absolute Gasteiger partial charge is 0.345 e. The Kier molecular flexibility index (Phi) is 4.61. The minimum absolute atomic E-state index is 0.00695. The first-order valence-electron chi connectivity index (χ1n) is 12.5. The Morgan fingerprint density at radius 3 is 2.43 bits per heavy atom. The van der Waals surface area contributed by atoms with Crippen LogP contribution in [0, 0.1) is 16.7 Å². The average molecular weight is 483 g/mol. The van der Waals surface area contributed by atoms with E-state index in [0.717, 1.165) is 25.7 Å². The molecule has 7 nitrogen and oxygen atoms in total. The van der Waals surface area contributed by atoms with E-state index in [1.165, 1.54) is 6.07 Å². The van der Waals surface area contributed by atoms with Gasteiger partial charge in [0.05, 0.1) is 37.6 Å². The van der Waals surface area contributed by atoms with Crippen molar-refractivity contribution in [1.82, 2.24) is 0 Å². The molecule has 0 radical (unpaired) electrons. The molecule has 2 bridgehead atoms. The second-order valence-electron chi connectivity index (χ2n) is 11.7. The standard InChI is InChI=1S/C28H34O7/c1-25(2)10-9-20-27(4)23(26(3)11-12-28(25,27)35-26)22(34-20)21-16(29)14-18(33-24(21)30)15-7-8-17(31-5)19(13-15)32-6/h7-8,13-14,20,22-23,29H,9-12H2,1-6H3/t20-,22+,23+,26-,27+,28+/m0/s1. The predicted octanol–water partition coefficient (Wildman–Crippen LogP) is 5.23. The number of aromatic hydroxyl groups is 1. The lowest BCUT2D eigenvalue weighted by molar-refractivity contribution is -0.202. The Bertz CT molecular complexity index is 1260. The van der Waals surface area contributed by atoms with Crippen LogP contribution in [-0.4, -0.2) is 36.6 Å². The van der Waals surface area contributed by atoms with Crippen molar-refractivity contribution in [1.29, 1.82) is 0 Å². The van der Waals surface area contributed by atoms with Gasteiger partial charge in [0.25, 0.3) is 0 Å². The number of rotatable bonds is 4. The Balaban J connectivity index is 1.44. The molecule has 1 spiro atoms. The second kappa shape index (κ2) is 7.04. The van der Waals surface area contributed by atoms with Crippen molar-refractivity contribution in [3.05, 3.63) is 40.2 Å². The third kappa shape index (κ3) is 2.66. The Morgan fingerprint density at radius 1 is 1.00 bits per heavy atom. The van der Waals surface area contributed by atoms with E-state index >= 15 is 0 Å². The average Bonchev–Trinajstić information content (AvgIpc) is 3.40. The summed E-state index contributed by atoms with van der Waals surface area (Å²) in [6.07, 6.45) is 3.21. The van der Waals surface area contributed by atoms with Crippen LogP contribution in [0.5, 0.6) is 17.2 Å². The maximum absolute atomic E-state index is 13.4. The van der Waals surface area contributed by atoms with Crippen molar-refractivity contribution in [2.24, 2.45) is 16.7 Å². The fraction of sp³-hybridized carbons (Fsp3) is 0.607. The molecule has 1 aromatic carbocycles. The van der Waals surface area contributed by atoms with Crippen LogP contribution in [0.1, 0.15) is 65.0 Å². The maximum Gasteiger partial charge on any atom is 0.345 e. The molecule has 188 valence electrons. The third-order valence-electron chi connectivity index (χ3n) is 9.88. The highest BCUT2D eigenvalue weighted by Gasteiger charge is 2.82. The zero-order valence-corrected chi connectivity index (χ0v) is 21.3. The summed E-state index contributed by atoms with van der Waals surface area (Å²) in [6, 6.07) is 6.71. The molecular weight excluding hydrogens is 448 g/mol. The lowest BCUT2D eigenvalue weighted by Gasteiger charge is -2.57. The number of benzene rings is 1. The minimum atomic E-state index is -0.582. The molecule has 3 saturated heterocycles. The molecule has 6 rings (SSSR count). The molecule has 0 unspecified atom stereocenters. The van der Waals surface area contributed by atoms with Gasteiger partial charge in [-0.25, -0.2) is 4.79 Å². The fourth-order valence-corrected chi connectivity index (χ4v) is 8.29. The topological polar surface area (TPSA) is 87.4 Å². The van der Waals surface area contributed by atoms with E-state index < -0.39 is 17.3 Å². The molecular formula is C28H34O7. The molecule has 3 aliphatic heterocycles. The Labute approximate surface area is 205 Å². The zero-order valence-electron chi connectivity index (χ0n) is 21.3. The molecule has 4 heterocycles. The number of methoxy groups -OCH3 is 2. The van der Waals surface area contributed by atoms with E-state index in [-0.39, 0.29) is 45.5 Å². The number of ether oxygens (including phenoxy) is 4. The van der Waals surface area contributed by atoms with Crippen LogP contribution in [-0.2, 0) is 9.47 Å². The van der Waals surface area contributed by atoms with Crippen molar-refractivity contribution >= 4 is 0 Å². The van der Waals surface area contributed by atoms with Gasteiger partial charge in [-0.05, 0) is 56.2 Å². The quantitative estimate of drug-likeness (QED) is 0.638. The van der Waals surface area contributed by atoms with E-state index in [4.69, 9.17) is 23.4 Å². The van der Waals surface area contributed by atoms with Crippen molar-refractivity contribution in [2.75, 3.05) is 14.2 Å². The van der Waals surface area contributed by atoms with Crippen LogP contribution >= 0.6 is 0 Å². The molecule has 1 aliphatic carbocycles. The predicted molar refractivity (Wildman–Crippen MR) is 129 cm³/mol. The first-order chi connectivity index (χ1) is 16.5. The fourth-order valence-electron chi connectivity index (χ4n) is 8.29. The van der Waals surface area contributed by atoms with Gasteiger partial charge in [0.2, 0.25) is 0 Å². The number of hydrogen-bond acceptors (Lipinski definition) is 7. The molecule has 6 atom stereocenters. The van der Waals surface area contributed by atoms with E-state index in [1.54, 1.807) is 32.4 Å². The normalized spacial score (nSPS) is 38.4. The van der Waals surface area contributed by atoms with Gasteiger partial charge in [-0.2, -0.15) is 0 Å². The monoisotopic (exact) mass is 482 g/mol. The highest BCUT2D eigenvalue weighted by Crippen LogP contribution is 2.78. The number of fused-ring (bicyclic) bond motifs is 2. The van der Waals surface area contributed by atoms with Gasteiger partial charge in [-0.3, -0.25) is 0 Å². The van der Waals surface area contributed by atoms with E-state index in [9.17, 15) is 9.90 Å². The van der Waals surface area contributed by atoms with Gasteiger partial charge in [0, 0.05) is 23.0 Å². The zero-order chi connectivity index (χ0) is 25.0. The SMILES string of the molecule is COc1ccc(-c2cc(O)c([C@H]3O[C@H]4CCC(C)(C)[C@@]56CC[C@](C)(O5)[C@@H]3[C@@]46C)c(=O)o2)cc1OC. The van der Waals surface area contributed by atoms with E-state index in [2.05, 4.69) is 27.7 Å².